The van der Waals surface area contributed by atoms with E-state index in [1.54, 1.807) is 40.1 Å². The van der Waals surface area contributed by atoms with Gasteiger partial charge in [0, 0.05) is 49.7 Å². The van der Waals surface area contributed by atoms with Crippen molar-refractivity contribution >= 4 is 22.7 Å². The summed E-state index contributed by atoms with van der Waals surface area (Å²) < 4.78 is 43.7. The molecule has 0 N–H and O–H groups in total. The highest BCUT2D eigenvalue weighted by Crippen LogP contribution is 2.30. The molecular weight excluding hydrogens is 461 g/mol. The van der Waals surface area contributed by atoms with Crippen molar-refractivity contribution in [3.63, 3.8) is 0 Å². The van der Waals surface area contributed by atoms with Crippen molar-refractivity contribution in [3.8, 4) is 11.6 Å². The van der Waals surface area contributed by atoms with E-state index in [1.807, 2.05) is 13.8 Å². The number of pyridine rings is 2. The molecule has 1 unspecified atom stereocenters. The second-order valence-electron chi connectivity index (χ2n) is 8.25. The Labute approximate surface area is 200 Å². The van der Waals surface area contributed by atoms with Crippen molar-refractivity contribution < 1.29 is 27.5 Å². The number of fused-ring (bicyclic) bond motifs is 1. The van der Waals surface area contributed by atoms with Crippen LogP contribution in [0, 0.1) is 0 Å². The molecule has 35 heavy (non-hydrogen) atoms. The summed E-state index contributed by atoms with van der Waals surface area (Å²) in [5.41, 5.74) is -0.00883. The Balaban J connectivity index is 1.49. The van der Waals surface area contributed by atoms with Gasteiger partial charge in [-0.1, -0.05) is 6.07 Å². The minimum atomic E-state index is -4.47. The molecule has 0 bridgehead atoms. The third-order valence-electron chi connectivity index (χ3n) is 6.09. The van der Waals surface area contributed by atoms with Crippen LogP contribution in [0.1, 0.15) is 42.7 Å². The second kappa shape index (κ2) is 9.89. The predicted octanol–water partition coefficient (Wildman–Crippen LogP) is 4.91. The Hall–Kier alpha value is -3.69. The van der Waals surface area contributed by atoms with Crippen LogP contribution in [0.5, 0.6) is 11.6 Å². The van der Waals surface area contributed by atoms with Gasteiger partial charge in [-0.2, -0.15) is 13.2 Å². The van der Waals surface area contributed by atoms with Gasteiger partial charge in [0.2, 0.25) is 11.8 Å². The number of hydrogen-bond acceptors (Lipinski definition) is 5. The lowest BCUT2D eigenvalue weighted by molar-refractivity contribution is -0.138. The summed E-state index contributed by atoms with van der Waals surface area (Å²) in [5.74, 6) is 0.226. The molecule has 1 atom stereocenters. The third-order valence-corrected chi connectivity index (χ3v) is 6.09. The maximum absolute atomic E-state index is 13.2. The number of halogens is 3. The number of hydrogen-bond donors (Lipinski definition) is 0. The Morgan fingerprint density at radius 2 is 1.97 bits per heavy atom. The Morgan fingerprint density at radius 1 is 1.17 bits per heavy atom. The summed E-state index contributed by atoms with van der Waals surface area (Å²) in [4.78, 5) is 37.2. The zero-order valence-corrected chi connectivity index (χ0v) is 19.4. The molecule has 184 valence electrons. The molecule has 1 saturated heterocycles. The molecule has 4 rings (SSSR count). The number of benzene rings is 1. The standard InChI is InChI=1S/C25H25F3N4O3/c1-3-31-12-11-18(14-23(31)33)32(4-2)24(34)21-8-5-16-13-19(7-9-20(16)30-21)35-22-10-6-17(15-29-22)25(26,27)28/h5-10,13,15,18H,3-4,11-12,14H2,1-2H3. The van der Waals surface area contributed by atoms with Gasteiger partial charge in [-0.3, -0.25) is 9.59 Å². The van der Waals surface area contributed by atoms with Crippen LogP contribution in [0.4, 0.5) is 13.2 Å². The summed E-state index contributed by atoms with van der Waals surface area (Å²) in [6.07, 6.45) is -2.72. The van der Waals surface area contributed by atoms with E-state index < -0.39 is 11.7 Å². The zero-order valence-electron chi connectivity index (χ0n) is 19.4. The van der Waals surface area contributed by atoms with E-state index in [0.717, 1.165) is 24.8 Å². The van der Waals surface area contributed by atoms with Crippen LogP contribution in [0.25, 0.3) is 10.9 Å². The number of aromatic nitrogens is 2. The summed E-state index contributed by atoms with van der Waals surface area (Å²) in [7, 11) is 0. The molecule has 7 nitrogen and oxygen atoms in total. The van der Waals surface area contributed by atoms with Crippen molar-refractivity contribution in [2.45, 2.75) is 38.9 Å². The van der Waals surface area contributed by atoms with Gasteiger partial charge in [0.05, 0.1) is 11.1 Å². The molecule has 2 amide bonds. The van der Waals surface area contributed by atoms with Gasteiger partial charge in [0.1, 0.15) is 11.4 Å². The fourth-order valence-corrected chi connectivity index (χ4v) is 4.19. The fourth-order valence-electron chi connectivity index (χ4n) is 4.19. The number of rotatable bonds is 6. The molecule has 1 aliphatic heterocycles. The quantitative estimate of drug-likeness (QED) is 0.495. The van der Waals surface area contributed by atoms with Crippen molar-refractivity contribution in [1.29, 1.82) is 0 Å². The number of likely N-dealkylation sites (tertiary alicyclic amines) is 1. The second-order valence-corrected chi connectivity index (χ2v) is 8.25. The van der Waals surface area contributed by atoms with Gasteiger partial charge in [-0.15, -0.1) is 0 Å². The highest BCUT2D eigenvalue weighted by atomic mass is 19.4. The minimum Gasteiger partial charge on any atom is -0.439 e. The Kier molecular flexibility index (Phi) is 6.90. The first-order valence-corrected chi connectivity index (χ1v) is 11.4. The molecule has 1 aromatic carbocycles. The van der Waals surface area contributed by atoms with E-state index in [4.69, 9.17) is 4.74 Å². The van der Waals surface area contributed by atoms with E-state index >= 15 is 0 Å². The molecule has 0 saturated carbocycles. The van der Waals surface area contributed by atoms with Crippen LogP contribution >= 0.6 is 0 Å². The predicted molar refractivity (Wildman–Crippen MR) is 123 cm³/mol. The van der Waals surface area contributed by atoms with Crippen molar-refractivity contribution in [2.24, 2.45) is 0 Å². The summed E-state index contributed by atoms with van der Waals surface area (Å²) in [6, 6.07) is 10.2. The van der Waals surface area contributed by atoms with Gasteiger partial charge in [0.25, 0.3) is 5.91 Å². The number of alkyl halides is 3. The Bertz CT molecular complexity index is 1230. The number of carbonyl (C=O) groups is 2. The van der Waals surface area contributed by atoms with Crippen molar-refractivity contribution in [2.75, 3.05) is 19.6 Å². The lowest BCUT2D eigenvalue weighted by atomic mass is 10.0. The number of amides is 2. The molecule has 0 radical (unpaired) electrons. The first kappa shape index (κ1) is 24.4. The fraction of sp³-hybridized carbons (Fsp3) is 0.360. The zero-order chi connectivity index (χ0) is 25.2. The van der Waals surface area contributed by atoms with Gasteiger partial charge in [-0.05, 0) is 50.6 Å². The monoisotopic (exact) mass is 486 g/mol. The summed E-state index contributed by atoms with van der Waals surface area (Å²) in [5, 5.41) is 0.695. The van der Waals surface area contributed by atoms with Gasteiger partial charge in [-0.25, -0.2) is 9.97 Å². The van der Waals surface area contributed by atoms with Gasteiger partial charge in [0.15, 0.2) is 0 Å². The van der Waals surface area contributed by atoms with Gasteiger partial charge >= 0.3 is 6.18 Å². The van der Waals surface area contributed by atoms with Crippen LogP contribution in [0.15, 0.2) is 48.7 Å². The third kappa shape index (κ3) is 5.36. The summed E-state index contributed by atoms with van der Waals surface area (Å²) in [6.45, 7) is 5.59. The molecule has 10 heteroatoms. The van der Waals surface area contributed by atoms with E-state index in [9.17, 15) is 22.8 Å². The molecule has 3 heterocycles. The molecular formula is C25H25F3N4O3. The molecule has 1 aliphatic rings. The van der Waals surface area contributed by atoms with E-state index in [-0.39, 0.29) is 29.4 Å². The van der Waals surface area contributed by atoms with Crippen LogP contribution in [-0.2, 0) is 11.0 Å². The Morgan fingerprint density at radius 3 is 2.60 bits per heavy atom. The summed E-state index contributed by atoms with van der Waals surface area (Å²) >= 11 is 0. The average Bonchev–Trinajstić information content (AvgIpc) is 2.84. The smallest absolute Gasteiger partial charge is 0.417 e. The van der Waals surface area contributed by atoms with Crippen molar-refractivity contribution in [3.05, 3.63) is 59.9 Å². The maximum Gasteiger partial charge on any atom is 0.417 e. The van der Waals surface area contributed by atoms with Crippen LogP contribution in [-0.4, -0.2) is 57.3 Å². The maximum atomic E-state index is 13.2. The molecule has 1 fully saturated rings. The van der Waals surface area contributed by atoms with Crippen LogP contribution in [0.2, 0.25) is 0 Å². The van der Waals surface area contributed by atoms with E-state index in [0.29, 0.717) is 42.7 Å². The first-order valence-electron chi connectivity index (χ1n) is 11.4. The number of nitrogens with zero attached hydrogens (tertiary/aromatic N) is 4. The minimum absolute atomic E-state index is 0.0272. The topological polar surface area (TPSA) is 75.6 Å². The van der Waals surface area contributed by atoms with Gasteiger partial charge < -0.3 is 14.5 Å². The van der Waals surface area contributed by atoms with Crippen LogP contribution in [0.3, 0.4) is 0 Å². The lowest BCUT2D eigenvalue weighted by Gasteiger charge is -2.37. The molecule has 2 aromatic heterocycles. The number of ether oxygens (including phenoxy) is 1. The number of carbonyl (C=O) groups excluding carboxylic acids is 2. The van der Waals surface area contributed by atoms with E-state index in [2.05, 4.69) is 9.97 Å². The first-order chi connectivity index (χ1) is 16.7. The normalized spacial score (nSPS) is 16.4. The molecule has 0 aliphatic carbocycles. The van der Waals surface area contributed by atoms with Crippen LogP contribution < -0.4 is 4.74 Å². The highest BCUT2D eigenvalue weighted by Gasteiger charge is 2.32. The largest absolute Gasteiger partial charge is 0.439 e. The highest BCUT2D eigenvalue weighted by molar-refractivity contribution is 5.95. The molecule has 0 spiro atoms. The van der Waals surface area contributed by atoms with E-state index in [1.165, 1.54) is 0 Å². The molecule has 3 aromatic rings. The SMILES string of the molecule is CCN1CCC(N(CC)C(=O)c2ccc3cc(Oc4ccc(C(F)(F)F)cn4)ccc3n2)CC1=O. The van der Waals surface area contributed by atoms with Crippen molar-refractivity contribution in [1.82, 2.24) is 19.8 Å². The lowest BCUT2D eigenvalue weighted by Crippen LogP contribution is -2.49. The average molecular weight is 486 g/mol. The number of piperidine rings is 1.